The first-order valence-corrected chi connectivity index (χ1v) is 11.4. The molecule has 0 aliphatic heterocycles. The van der Waals surface area contributed by atoms with Gasteiger partial charge in [-0.2, -0.15) is 0 Å². The molecule has 3 aromatic rings. The summed E-state index contributed by atoms with van der Waals surface area (Å²) in [6.07, 6.45) is 5.97. The van der Waals surface area contributed by atoms with Crippen LogP contribution in [0.3, 0.4) is 0 Å². The van der Waals surface area contributed by atoms with Gasteiger partial charge in [0.25, 0.3) is 0 Å². The molecular weight excluding hydrogens is 400 g/mol. The summed E-state index contributed by atoms with van der Waals surface area (Å²) in [7, 11) is 0. The minimum absolute atomic E-state index is 0.0729. The molecule has 1 aliphatic carbocycles. The number of hydrogen-bond acceptors (Lipinski definition) is 5. The molecule has 0 saturated heterocycles. The molecule has 4 rings (SSSR count). The van der Waals surface area contributed by atoms with Crippen molar-refractivity contribution in [3.63, 3.8) is 0 Å². The van der Waals surface area contributed by atoms with Crippen molar-refractivity contribution in [2.45, 2.75) is 64.4 Å². The average molecular weight is 431 g/mol. The fourth-order valence-corrected chi connectivity index (χ4v) is 4.29. The van der Waals surface area contributed by atoms with Gasteiger partial charge in [-0.05, 0) is 73.6 Å². The van der Waals surface area contributed by atoms with Crippen LogP contribution in [0.4, 0.5) is 0 Å². The second kappa shape index (κ2) is 9.51. The molecule has 0 bridgehead atoms. The molecule has 1 aromatic heterocycles. The molecule has 5 heteroatoms. The normalized spacial score (nSPS) is 14.0. The van der Waals surface area contributed by atoms with Gasteiger partial charge in [0.15, 0.2) is 5.78 Å². The third-order valence-electron chi connectivity index (χ3n) is 6.60. The van der Waals surface area contributed by atoms with Crippen molar-refractivity contribution < 1.29 is 14.3 Å². The van der Waals surface area contributed by atoms with E-state index in [9.17, 15) is 4.79 Å². The smallest absolute Gasteiger partial charge is 0.238 e. The van der Waals surface area contributed by atoms with Gasteiger partial charge in [0.1, 0.15) is 17.2 Å². The molecule has 5 nitrogen and oxygen atoms in total. The number of ketones is 1. The van der Waals surface area contributed by atoms with Gasteiger partial charge in [-0.3, -0.25) is 4.79 Å². The highest BCUT2D eigenvalue weighted by Crippen LogP contribution is 2.40. The van der Waals surface area contributed by atoms with Crippen LogP contribution < -0.4 is 9.47 Å². The molecule has 1 fully saturated rings. The van der Waals surface area contributed by atoms with Crippen LogP contribution in [0, 0.1) is 0 Å². The van der Waals surface area contributed by atoms with Gasteiger partial charge in [0, 0.05) is 18.4 Å². The molecule has 32 heavy (non-hydrogen) atoms. The summed E-state index contributed by atoms with van der Waals surface area (Å²) in [5.41, 5.74) is 2.80. The fourth-order valence-electron chi connectivity index (χ4n) is 4.29. The van der Waals surface area contributed by atoms with E-state index in [4.69, 9.17) is 9.47 Å². The Bertz CT molecular complexity index is 1040. The van der Waals surface area contributed by atoms with Crippen LogP contribution in [-0.2, 0) is 5.41 Å². The lowest BCUT2D eigenvalue weighted by atomic mass is 9.70. The van der Waals surface area contributed by atoms with Crippen LogP contribution in [-0.4, -0.2) is 22.1 Å². The van der Waals surface area contributed by atoms with Crippen molar-refractivity contribution in [3.05, 3.63) is 77.5 Å². The largest absolute Gasteiger partial charge is 0.490 e. The third-order valence-corrected chi connectivity index (χ3v) is 6.60. The van der Waals surface area contributed by atoms with Crippen LogP contribution in [0.5, 0.6) is 17.4 Å². The molecule has 1 heterocycles. The molecule has 0 radical (unpaired) electrons. The summed E-state index contributed by atoms with van der Waals surface area (Å²) in [6.45, 7) is 5.93. The summed E-state index contributed by atoms with van der Waals surface area (Å²) in [5.74, 6) is 1.89. The van der Waals surface area contributed by atoms with E-state index in [0.29, 0.717) is 23.4 Å². The lowest BCUT2D eigenvalue weighted by molar-refractivity contribution is 0.101. The zero-order valence-corrected chi connectivity index (χ0v) is 19.0. The van der Waals surface area contributed by atoms with E-state index in [0.717, 1.165) is 31.4 Å². The number of benzene rings is 2. The monoisotopic (exact) mass is 430 g/mol. The molecule has 0 spiro atoms. The maximum absolute atomic E-state index is 11.4. The summed E-state index contributed by atoms with van der Waals surface area (Å²) in [6, 6.07) is 20.1. The van der Waals surface area contributed by atoms with Crippen LogP contribution in [0.15, 0.2) is 60.7 Å². The lowest BCUT2D eigenvalue weighted by Gasteiger charge is -2.34. The Labute approximate surface area is 189 Å². The van der Waals surface area contributed by atoms with Gasteiger partial charge in [-0.1, -0.05) is 38.1 Å². The van der Waals surface area contributed by atoms with Gasteiger partial charge in [0.05, 0.1) is 6.10 Å². The van der Waals surface area contributed by atoms with E-state index in [1.165, 1.54) is 24.5 Å². The van der Waals surface area contributed by atoms with E-state index in [1.807, 2.05) is 12.1 Å². The Balaban J connectivity index is 1.52. The molecule has 1 saturated carbocycles. The summed E-state index contributed by atoms with van der Waals surface area (Å²) in [4.78, 5) is 11.4. The standard InChI is InChI=1S/C27H30N2O3/c1-4-27(5-2,20-9-13-23(14-10-20)31-22-7-6-8-22)21-11-15-24(16-12-21)32-26-18-17-25(19(3)30)28-29-26/h9-18,22H,4-8H2,1-3H3. The molecule has 2 aromatic carbocycles. The van der Waals surface area contributed by atoms with Crippen LogP contribution in [0.25, 0.3) is 0 Å². The van der Waals surface area contributed by atoms with E-state index >= 15 is 0 Å². The number of aromatic nitrogens is 2. The molecule has 166 valence electrons. The highest BCUT2D eigenvalue weighted by Gasteiger charge is 2.31. The molecule has 0 amide bonds. The number of carbonyl (C=O) groups excluding carboxylic acids is 1. The molecule has 0 atom stereocenters. The maximum atomic E-state index is 11.4. The SMILES string of the molecule is CCC(CC)(c1ccc(Oc2ccc(C(C)=O)nn2)cc1)c1ccc(OC2CCC2)cc1. The Morgan fingerprint density at radius 1 is 0.875 bits per heavy atom. The van der Waals surface area contributed by atoms with Crippen molar-refractivity contribution in [1.29, 1.82) is 0 Å². The zero-order valence-electron chi connectivity index (χ0n) is 19.0. The third kappa shape index (κ3) is 4.52. The number of Topliss-reactive ketones (excluding diaryl/α,β-unsaturated/α-hetero) is 1. The highest BCUT2D eigenvalue weighted by molar-refractivity contribution is 5.91. The van der Waals surface area contributed by atoms with E-state index < -0.39 is 0 Å². The first-order valence-electron chi connectivity index (χ1n) is 11.4. The van der Waals surface area contributed by atoms with Crippen LogP contribution >= 0.6 is 0 Å². The number of carbonyl (C=O) groups is 1. The Morgan fingerprint density at radius 2 is 1.47 bits per heavy atom. The minimum Gasteiger partial charge on any atom is -0.490 e. The van der Waals surface area contributed by atoms with Crippen molar-refractivity contribution in [3.8, 4) is 17.4 Å². The minimum atomic E-state index is -0.119. The number of nitrogens with zero attached hydrogens (tertiary/aromatic N) is 2. The highest BCUT2D eigenvalue weighted by atomic mass is 16.5. The lowest BCUT2D eigenvalue weighted by Crippen LogP contribution is -2.26. The van der Waals surface area contributed by atoms with Gasteiger partial charge in [0.2, 0.25) is 5.88 Å². The van der Waals surface area contributed by atoms with Gasteiger partial charge in [-0.25, -0.2) is 0 Å². The van der Waals surface area contributed by atoms with E-state index in [2.05, 4.69) is 60.4 Å². The van der Waals surface area contributed by atoms with Gasteiger partial charge in [-0.15, -0.1) is 10.2 Å². The fraction of sp³-hybridized carbons (Fsp3) is 0.370. The van der Waals surface area contributed by atoms with E-state index in [1.54, 1.807) is 12.1 Å². The van der Waals surface area contributed by atoms with Crippen LogP contribution in [0.2, 0.25) is 0 Å². The van der Waals surface area contributed by atoms with Crippen LogP contribution in [0.1, 0.15) is 74.5 Å². The predicted molar refractivity (Wildman–Crippen MR) is 125 cm³/mol. The molecule has 0 unspecified atom stereocenters. The molecular formula is C27H30N2O3. The number of ether oxygens (including phenoxy) is 2. The number of rotatable bonds is 9. The Hall–Kier alpha value is -3.21. The second-order valence-corrected chi connectivity index (χ2v) is 8.42. The van der Waals surface area contributed by atoms with Crippen molar-refractivity contribution in [1.82, 2.24) is 10.2 Å². The number of hydrogen-bond donors (Lipinski definition) is 0. The van der Waals surface area contributed by atoms with Crippen molar-refractivity contribution in [2.75, 3.05) is 0 Å². The quantitative estimate of drug-likeness (QED) is 0.362. The van der Waals surface area contributed by atoms with E-state index in [-0.39, 0.29) is 11.2 Å². The average Bonchev–Trinajstić information content (AvgIpc) is 2.80. The Kier molecular flexibility index (Phi) is 6.54. The first kappa shape index (κ1) is 22.0. The molecule has 1 aliphatic rings. The zero-order chi connectivity index (χ0) is 22.6. The summed E-state index contributed by atoms with van der Waals surface area (Å²) < 4.78 is 11.9. The Morgan fingerprint density at radius 3 is 1.91 bits per heavy atom. The first-order chi connectivity index (χ1) is 15.5. The summed E-state index contributed by atoms with van der Waals surface area (Å²) in [5, 5.41) is 7.88. The summed E-state index contributed by atoms with van der Waals surface area (Å²) >= 11 is 0. The van der Waals surface area contributed by atoms with Crippen molar-refractivity contribution in [2.24, 2.45) is 0 Å². The van der Waals surface area contributed by atoms with Gasteiger partial charge < -0.3 is 9.47 Å². The predicted octanol–water partition coefficient (Wildman–Crippen LogP) is 6.51. The van der Waals surface area contributed by atoms with Crippen molar-refractivity contribution >= 4 is 5.78 Å². The maximum Gasteiger partial charge on any atom is 0.238 e. The van der Waals surface area contributed by atoms with Gasteiger partial charge >= 0.3 is 0 Å². The molecule has 0 N–H and O–H groups in total. The topological polar surface area (TPSA) is 61.3 Å². The second-order valence-electron chi connectivity index (χ2n) is 8.42.